The second kappa shape index (κ2) is 6.13. The van der Waals surface area contributed by atoms with Gasteiger partial charge in [-0.25, -0.2) is 9.97 Å². The molecule has 2 atom stereocenters. The van der Waals surface area contributed by atoms with Crippen molar-refractivity contribution >= 4 is 5.95 Å². The average Bonchev–Trinajstić information content (AvgIpc) is 3.08. The Morgan fingerprint density at radius 2 is 2.13 bits per heavy atom. The van der Waals surface area contributed by atoms with Crippen LogP contribution < -0.4 is 5.32 Å². The van der Waals surface area contributed by atoms with Gasteiger partial charge in [0.1, 0.15) is 5.69 Å². The minimum Gasteiger partial charge on any atom is -0.426 e. The fourth-order valence-electron chi connectivity index (χ4n) is 2.83. The molecule has 6 nitrogen and oxygen atoms in total. The number of nitrogens with one attached hydrogen (secondary N) is 1. The molecule has 9 heteroatoms. The maximum Gasteiger partial charge on any atom is 0.433 e. The van der Waals surface area contributed by atoms with Crippen LogP contribution in [0.3, 0.4) is 0 Å². The molecule has 0 saturated heterocycles. The summed E-state index contributed by atoms with van der Waals surface area (Å²) in [6.45, 7) is 1.74. The Labute approximate surface area is 130 Å². The van der Waals surface area contributed by atoms with Gasteiger partial charge in [-0.05, 0) is 31.2 Å². The number of halogens is 3. The van der Waals surface area contributed by atoms with Crippen molar-refractivity contribution in [2.75, 3.05) is 5.32 Å². The van der Waals surface area contributed by atoms with E-state index in [0.29, 0.717) is 24.1 Å². The second-order valence-corrected chi connectivity index (χ2v) is 5.70. The largest absolute Gasteiger partial charge is 0.433 e. The summed E-state index contributed by atoms with van der Waals surface area (Å²) in [4.78, 5) is 7.40. The Kier molecular flexibility index (Phi) is 4.18. The van der Waals surface area contributed by atoms with Crippen molar-refractivity contribution in [1.82, 2.24) is 20.2 Å². The summed E-state index contributed by atoms with van der Waals surface area (Å²) in [6, 6.07) is 0.910. The lowest BCUT2D eigenvalue weighted by Gasteiger charge is -2.14. The fourth-order valence-corrected chi connectivity index (χ4v) is 2.83. The first kappa shape index (κ1) is 15.7. The van der Waals surface area contributed by atoms with Gasteiger partial charge in [0.05, 0.1) is 0 Å². The highest BCUT2D eigenvalue weighted by Gasteiger charge is 2.33. The van der Waals surface area contributed by atoms with E-state index in [1.54, 1.807) is 6.92 Å². The highest BCUT2D eigenvalue weighted by atomic mass is 19.4. The molecule has 0 aliphatic heterocycles. The first-order chi connectivity index (χ1) is 10.9. The monoisotopic (exact) mass is 327 g/mol. The molecule has 2 heterocycles. The molecule has 0 spiro atoms. The topological polar surface area (TPSA) is 76.7 Å². The van der Waals surface area contributed by atoms with E-state index in [-0.39, 0.29) is 12.0 Å². The van der Waals surface area contributed by atoms with Gasteiger partial charge < -0.3 is 9.73 Å². The van der Waals surface area contributed by atoms with E-state index in [1.807, 2.05) is 0 Å². The van der Waals surface area contributed by atoms with E-state index in [4.69, 9.17) is 4.42 Å². The lowest BCUT2D eigenvalue weighted by atomic mass is 10.0. The predicted molar refractivity (Wildman–Crippen MR) is 74.5 cm³/mol. The van der Waals surface area contributed by atoms with Gasteiger partial charge in [0.25, 0.3) is 0 Å². The normalized spacial score (nSPS) is 21.6. The molecule has 0 unspecified atom stereocenters. The van der Waals surface area contributed by atoms with Crippen molar-refractivity contribution in [3.63, 3.8) is 0 Å². The van der Waals surface area contributed by atoms with Crippen LogP contribution in [0.2, 0.25) is 0 Å². The Balaban J connectivity index is 1.57. The average molecular weight is 327 g/mol. The molecule has 2 aromatic rings. The Morgan fingerprint density at radius 1 is 1.30 bits per heavy atom. The number of aromatic nitrogens is 4. The van der Waals surface area contributed by atoms with Crippen LogP contribution in [0.25, 0.3) is 0 Å². The van der Waals surface area contributed by atoms with E-state index >= 15 is 0 Å². The van der Waals surface area contributed by atoms with Gasteiger partial charge in [0, 0.05) is 25.6 Å². The first-order valence-corrected chi connectivity index (χ1v) is 7.36. The molecule has 23 heavy (non-hydrogen) atoms. The van der Waals surface area contributed by atoms with Crippen molar-refractivity contribution in [3.8, 4) is 0 Å². The van der Waals surface area contributed by atoms with Crippen LogP contribution >= 0.6 is 0 Å². The van der Waals surface area contributed by atoms with Crippen LogP contribution in [0.15, 0.2) is 16.7 Å². The van der Waals surface area contributed by atoms with Crippen LogP contribution in [-0.4, -0.2) is 26.2 Å². The molecule has 1 aliphatic carbocycles. The van der Waals surface area contributed by atoms with Gasteiger partial charge in [0.2, 0.25) is 17.7 Å². The first-order valence-electron chi connectivity index (χ1n) is 7.36. The maximum absolute atomic E-state index is 12.6. The van der Waals surface area contributed by atoms with Gasteiger partial charge in [-0.2, -0.15) is 13.2 Å². The number of anilines is 1. The molecule has 1 N–H and O–H groups in total. The van der Waals surface area contributed by atoms with Crippen molar-refractivity contribution < 1.29 is 17.6 Å². The zero-order chi connectivity index (χ0) is 16.4. The minimum absolute atomic E-state index is 0.0131. The Morgan fingerprint density at radius 3 is 2.83 bits per heavy atom. The number of hydrogen-bond donors (Lipinski definition) is 1. The Bertz CT molecular complexity index is 672. The molecule has 1 fully saturated rings. The van der Waals surface area contributed by atoms with Crippen molar-refractivity contribution in [2.24, 2.45) is 5.92 Å². The molecule has 3 rings (SSSR count). The number of rotatable bonds is 4. The zero-order valence-electron chi connectivity index (χ0n) is 12.5. The van der Waals surface area contributed by atoms with Crippen LogP contribution in [-0.2, 0) is 12.6 Å². The molecule has 1 saturated carbocycles. The van der Waals surface area contributed by atoms with E-state index in [1.165, 1.54) is 0 Å². The van der Waals surface area contributed by atoms with Gasteiger partial charge in [-0.1, -0.05) is 0 Å². The number of aryl methyl sites for hydroxylation is 1. The van der Waals surface area contributed by atoms with Crippen LogP contribution in [0.4, 0.5) is 19.1 Å². The van der Waals surface area contributed by atoms with Gasteiger partial charge in [0.15, 0.2) is 0 Å². The molecule has 0 amide bonds. The van der Waals surface area contributed by atoms with Gasteiger partial charge in [-0.15, -0.1) is 10.2 Å². The molecular formula is C14H16F3N5O. The molecule has 1 aliphatic rings. The van der Waals surface area contributed by atoms with E-state index in [2.05, 4.69) is 25.5 Å². The lowest BCUT2D eigenvalue weighted by molar-refractivity contribution is -0.141. The summed E-state index contributed by atoms with van der Waals surface area (Å²) in [6.07, 6.45) is -0.0713. The molecule has 124 valence electrons. The third kappa shape index (κ3) is 3.96. The standard InChI is InChI=1S/C14H16F3N5O/c1-8-21-22-12(23-8)7-9-2-3-10(6-9)19-13-18-5-4-11(20-13)14(15,16)17/h4-5,9-10H,2-3,6-7H2,1H3,(H,18,19,20)/t9-,10+/m1/s1. The quantitative estimate of drug-likeness (QED) is 0.930. The fraction of sp³-hybridized carbons (Fsp3) is 0.571. The molecule has 2 aromatic heterocycles. The summed E-state index contributed by atoms with van der Waals surface area (Å²) in [7, 11) is 0. The third-order valence-electron chi connectivity index (χ3n) is 3.85. The third-order valence-corrected chi connectivity index (χ3v) is 3.85. The van der Waals surface area contributed by atoms with Crippen molar-refractivity contribution in [2.45, 2.75) is 44.8 Å². The summed E-state index contributed by atoms with van der Waals surface area (Å²) < 4.78 is 43.3. The van der Waals surface area contributed by atoms with Crippen LogP contribution in [0.5, 0.6) is 0 Å². The predicted octanol–water partition coefficient (Wildman–Crippen LogP) is 3.01. The summed E-state index contributed by atoms with van der Waals surface area (Å²) in [5.74, 6) is 1.51. The van der Waals surface area contributed by atoms with Crippen LogP contribution in [0, 0.1) is 12.8 Å². The number of hydrogen-bond acceptors (Lipinski definition) is 6. The molecular weight excluding hydrogens is 311 g/mol. The van der Waals surface area contributed by atoms with E-state index in [9.17, 15) is 13.2 Å². The maximum atomic E-state index is 12.6. The van der Waals surface area contributed by atoms with Gasteiger partial charge >= 0.3 is 6.18 Å². The summed E-state index contributed by atoms with van der Waals surface area (Å²) >= 11 is 0. The number of nitrogens with zero attached hydrogens (tertiary/aromatic N) is 4. The zero-order valence-corrected chi connectivity index (χ0v) is 12.5. The highest BCUT2D eigenvalue weighted by molar-refractivity contribution is 5.28. The van der Waals surface area contributed by atoms with E-state index < -0.39 is 11.9 Å². The lowest BCUT2D eigenvalue weighted by Crippen LogP contribution is -2.19. The molecule has 0 radical (unpaired) electrons. The van der Waals surface area contributed by atoms with Crippen LogP contribution in [0.1, 0.15) is 36.7 Å². The summed E-state index contributed by atoms with van der Waals surface area (Å²) in [5.41, 5.74) is -0.939. The Hall–Kier alpha value is -2.19. The summed E-state index contributed by atoms with van der Waals surface area (Å²) in [5, 5.41) is 10.7. The number of alkyl halides is 3. The smallest absolute Gasteiger partial charge is 0.426 e. The van der Waals surface area contributed by atoms with Crippen molar-refractivity contribution in [1.29, 1.82) is 0 Å². The minimum atomic E-state index is -4.46. The van der Waals surface area contributed by atoms with Crippen molar-refractivity contribution in [3.05, 3.63) is 29.7 Å². The molecule has 0 aromatic carbocycles. The SMILES string of the molecule is Cc1nnc(C[C@@H]2CC[C@H](Nc3nccc(C(F)(F)F)n3)C2)o1. The molecule has 0 bridgehead atoms. The van der Waals surface area contributed by atoms with E-state index in [0.717, 1.165) is 31.5 Å². The second-order valence-electron chi connectivity index (χ2n) is 5.70. The van der Waals surface area contributed by atoms with Gasteiger partial charge in [-0.3, -0.25) is 0 Å². The highest BCUT2D eigenvalue weighted by Crippen LogP contribution is 2.31.